The average Bonchev–Trinajstić information content (AvgIpc) is 3.68. The van der Waals surface area contributed by atoms with Crippen LogP contribution in [-0.4, -0.2) is 75.1 Å². The zero-order valence-corrected chi connectivity index (χ0v) is 44.4. The molecular weight excluding hydrogens is 831 g/mol. The molecule has 0 N–H and O–H groups in total. The van der Waals surface area contributed by atoms with Crippen LogP contribution in [0.5, 0.6) is 0 Å². The normalized spacial score (nSPS) is 28.6. The topological polar surface area (TPSA) is 74.3 Å². The molecule has 3 unspecified atom stereocenters. The number of carbonyl (C=O) groups is 2. The van der Waals surface area contributed by atoms with Crippen LogP contribution in [0.3, 0.4) is 0 Å². The number of ether oxygens (including phenoxy) is 4. The summed E-state index contributed by atoms with van der Waals surface area (Å²) in [7, 11) is 0. The fourth-order valence-corrected chi connectivity index (χ4v) is 13.8. The predicted octanol–water partition coefficient (Wildman–Crippen LogP) is 15.4. The lowest BCUT2D eigenvalue weighted by Gasteiger charge is -2.58. The van der Waals surface area contributed by atoms with Crippen LogP contribution in [0.1, 0.15) is 228 Å². The van der Waals surface area contributed by atoms with E-state index in [2.05, 4.69) is 76.8 Å². The minimum absolute atomic E-state index is 0.0215. The maximum absolute atomic E-state index is 13.0. The molecule has 1 heterocycles. The van der Waals surface area contributed by atoms with Crippen molar-refractivity contribution in [2.45, 2.75) is 240 Å². The second-order valence-corrected chi connectivity index (χ2v) is 23.2. The van der Waals surface area contributed by atoms with Gasteiger partial charge in [-0.1, -0.05) is 142 Å². The van der Waals surface area contributed by atoms with E-state index < -0.39 is 0 Å². The third-order valence-electron chi connectivity index (χ3n) is 17.7. The zero-order valence-electron chi connectivity index (χ0n) is 44.4. The summed E-state index contributed by atoms with van der Waals surface area (Å²) in [6.45, 7) is 20.1. The fraction of sp³-hybridized carbons (Fsp3) is 0.867. The number of fused-ring (bicyclic) bond motifs is 5. The van der Waals surface area contributed by atoms with Crippen molar-refractivity contribution >= 4 is 11.9 Å². The van der Waals surface area contributed by atoms with Crippen molar-refractivity contribution in [3.8, 4) is 0 Å². The molecule has 67 heavy (non-hydrogen) atoms. The standard InChI is InChI=1S/C60H103NO6/c1-7-8-9-10-11-12-13-14-15-16-17-18-19-20-21-25-42-64-47-52(46-61-40-23-22-24-41-61)65-43-27-44-66-57(62)34-35-58(63)67-51-36-38-59(5)50(45-51)30-31-53-55-33-32-54(49(4)29-26-28-48(2)3)60(55,6)39-37-56(53)59/h11-12,14-15,30,48-49,51-56H,7-10,13,16-29,31-47H2,1-6H3/t49?,51-,52?,53-,54?,55-,56-,59-,60+/m0/s1. The molecular formula is C60H103NO6. The van der Waals surface area contributed by atoms with Gasteiger partial charge in [-0.15, -0.1) is 0 Å². The van der Waals surface area contributed by atoms with Crippen molar-refractivity contribution in [3.63, 3.8) is 0 Å². The molecule has 384 valence electrons. The molecule has 0 spiro atoms. The Morgan fingerprint density at radius 1 is 0.746 bits per heavy atom. The lowest BCUT2D eigenvalue weighted by atomic mass is 9.47. The number of rotatable bonds is 33. The van der Waals surface area contributed by atoms with Crippen LogP contribution in [0.25, 0.3) is 0 Å². The lowest BCUT2D eigenvalue weighted by Crippen LogP contribution is -2.51. The van der Waals surface area contributed by atoms with Crippen LogP contribution >= 0.6 is 0 Å². The highest BCUT2D eigenvalue weighted by Gasteiger charge is 2.59. The highest BCUT2D eigenvalue weighted by molar-refractivity contribution is 5.77. The van der Waals surface area contributed by atoms with Crippen LogP contribution in [0.15, 0.2) is 36.0 Å². The van der Waals surface area contributed by atoms with Crippen LogP contribution in [0.4, 0.5) is 0 Å². The third kappa shape index (κ3) is 18.6. The molecule has 5 aliphatic rings. The smallest absolute Gasteiger partial charge is 0.306 e. The number of hydrogen-bond acceptors (Lipinski definition) is 7. The number of piperidine rings is 1. The molecule has 0 amide bonds. The van der Waals surface area contributed by atoms with Gasteiger partial charge in [-0.25, -0.2) is 0 Å². The molecule has 3 saturated carbocycles. The largest absolute Gasteiger partial charge is 0.466 e. The minimum atomic E-state index is -0.334. The molecule has 4 fully saturated rings. The third-order valence-corrected chi connectivity index (χ3v) is 17.7. The zero-order chi connectivity index (χ0) is 47.7. The predicted molar refractivity (Wildman–Crippen MR) is 278 cm³/mol. The van der Waals surface area contributed by atoms with Gasteiger partial charge in [-0.05, 0) is 156 Å². The molecule has 4 aliphatic carbocycles. The molecule has 7 nitrogen and oxygen atoms in total. The van der Waals surface area contributed by atoms with Crippen LogP contribution < -0.4 is 0 Å². The number of allylic oxidation sites excluding steroid dienone is 5. The van der Waals surface area contributed by atoms with Crippen molar-refractivity contribution in [1.82, 2.24) is 4.90 Å². The Balaban J connectivity index is 0.909. The van der Waals surface area contributed by atoms with Crippen molar-refractivity contribution in [2.24, 2.45) is 46.3 Å². The Labute approximate surface area is 412 Å². The van der Waals surface area contributed by atoms with E-state index in [1.807, 2.05) is 0 Å². The van der Waals surface area contributed by atoms with E-state index in [-0.39, 0.29) is 42.4 Å². The van der Waals surface area contributed by atoms with Crippen LogP contribution in [0.2, 0.25) is 0 Å². The maximum atomic E-state index is 13.0. The summed E-state index contributed by atoms with van der Waals surface area (Å²) >= 11 is 0. The van der Waals surface area contributed by atoms with E-state index in [4.69, 9.17) is 18.9 Å². The maximum Gasteiger partial charge on any atom is 0.306 e. The highest BCUT2D eigenvalue weighted by atomic mass is 16.6. The first-order valence-corrected chi connectivity index (χ1v) is 28.8. The molecule has 7 heteroatoms. The van der Waals surface area contributed by atoms with Gasteiger partial charge in [-0.2, -0.15) is 0 Å². The minimum Gasteiger partial charge on any atom is -0.466 e. The summed E-state index contributed by atoms with van der Waals surface area (Å²) in [6.07, 6.45) is 45.2. The van der Waals surface area contributed by atoms with Gasteiger partial charge in [0.05, 0.1) is 38.8 Å². The number of nitrogens with zero attached hydrogens (tertiary/aromatic N) is 1. The molecule has 9 atom stereocenters. The molecule has 0 aromatic carbocycles. The van der Waals surface area contributed by atoms with Gasteiger partial charge in [0, 0.05) is 26.0 Å². The molecule has 0 radical (unpaired) electrons. The summed E-state index contributed by atoms with van der Waals surface area (Å²) in [5, 5.41) is 0. The number of carbonyl (C=O) groups excluding carboxylic acids is 2. The average molecular weight is 934 g/mol. The first-order valence-electron chi connectivity index (χ1n) is 28.8. The molecule has 1 aliphatic heterocycles. The van der Waals surface area contributed by atoms with Crippen molar-refractivity contribution in [1.29, 1.82) is 0 Å². The lowest BCUT2D eigenvalue weighted by molar-refractivity contribution is -0.155. The van der Waals surface area contributed by atoms with Gasteiger partial charge in [0.1, 0.15) is 6.10 Å². The highest BCUT2D eigenvalue weighted by Crippen LogP contribution is 2.67. The Morgan fingerprint density at radius 3 is 2.24 bits per heavy atom. The second-order valence-electron chi connectivity index (χ2n) is 23.2. The van der Waals surface area contributed by atoms with Crippen molar-refractivity contribution < 1.29 is 28.5 Å². The molecule has 0 aromatic rings. The number of likely N-dealkylation sites (tertiary alicyclic amines) is 1. The monoisotopic (exact) mass is 934 g/mol. The van der Waals surface area contributed by atoms with E-state index in [1.165, 1.54) is 140 Å². The van der Waals surface area contributed by atoms with E-state index >= 15 is 0 Å². The van der Waals surface area contributed by atoms with E-state index in [9.17, 15) is 9.59 Å². The Morgan fingerprint density at radius 2 is 1.48 bits per heavy atom. The van der Waals surface area contributed by atoms with Gasteiger partial charge in [-0.3, -0.25) is 9.59 Å². The number of hydrogen-bond donors (Lipinski definition) is 0. The van der Waals surface area contributed by atoms with Gasteiger partial charge < -0.3 is 23.8 Å². The van der Waals surface area contributed by atoms with Gasteiger partial charge in [0.2, 0.25) is 0 Å². The summed E-state index contributed by atoms with van der Waals surface area (Å²) in [5.74, 6) is 4.32. The number of unbranched alkanes of at least 4 members (excludes halogenated alkanes) is 9. The second kappa shape index (κ2) is 30.7. The molecule has 5 rings (SSSR count). The van der Waals surface area contributed by atoms with Crippen LogP contribution in [0, 0.1) is 46.3 Å². The Hall–Kier alpha value is -1.96. The molecule has 1 saturated heterocycles. The first-order chi connectivity index (χ1) is 32.5. The summed E-state index contributed by atoms with van der Waals surface area (Å²) < 4.78 is 24.1. The van der Waals surface area contributed by atoms with Crippen molar-refractivity contribution in [3.05, 3.63) is 36.0 Å². The van der Waals surface area contributed by atoms with Gasteiger partial charge in [0.15, 0.2) is 0 Å². The Bertz CT molecular complexity index is 1480. The van der Waals surface area contributed by atoms with E-state index in [0.717, 1.165) is 93.9 Å². The van der Waals surface area contributed by atoms with Gasteiger partial charge in [0.25, 0.3) is 0 Å². The SMILES string of the molecule is CCCCCC=CCC=CCCCCCCCCOCC(CN1CCCCC1)OCCCOC(=O)CCC(=O)O[C@H]1CC[C@@]2(C)C(=CC[C@@H]3[C@@H]2CC[C@]2(C)C(C(C)CCCC(C)C)CC[C@@H]32)C1. The quantitative estimate of drug-likeness (QED) is 0.0369. The van der Waals surface area contributed by atoms with E-state index in [0.29, 0.717) is 31.7 Å². The fourth-order valence-electron chi connectivity index (χ4n) is 13.8. The molecule has 0 bridgehead atoms. The van der Waals surface area contributed by atoms with E-state index in [1.54, 1.807) is 0 Å². The summed E-state index contributed by atoms with van der Waals surface area (Å²) in [4.78, 5) is 28.2. The van der Waals surface area contributed by atoms with Crippen molar-refractivity contribution in [2.75, 3.05) is 46.1 Å². The first kappa shape index (κ1) is 56.0. The summed E-state index contributed by atoms with van der Waals surface area (Å²) in [5.41, 5.74) is 2.26. The number of esters is 2. The van der Waals surface area contributed by atoms with Gasteiger partial charge >= 0.3 is 11.9 Å². The Kier molecular flexibility index (Phi) is 25.6. The summed E-state index contributed by atoms with van der Waals surface area (Å²) in [6, 6.07) is 0. The van der Waals surface area contributed by atoms with Crippen LogP contribution in [-0.2, 0) is 28.5 Å². The molecule has 0 aromatic heterocycles.